The zero-order valence-electron chi connectivity index (χ0n) is 35.4. The molecule has 55 heavy (non-hydrogen) atoms. The molecule has 0 bridgehead atoms. The average Bonchev–Trinajstić information content (AvgIpc) is 3.37. The number of amides is 6. The van der Waals surface area contributed by atoms with E-state index in [2.05, 4.69) is 35.1 Å². The Kier molecular flexibility index (Phi) is 23.7. The third-order valence-electron chi connectivity index (χ3n) is 8.52. The van der Waals surface area contributed by atoms with Gasteiger partial charge in [0.1, 0.15) is 12.6 Å². The van der Waals surface area contributed by atoms with Crippen LogP contribution in [0.2, 0.25) is 0 Å². The van der Waals surface area contributed by atoms with Crippen LogP contribution in [0.3, 0.4) is 0 Å². The van der Waals surface area contributed by atoms with Gasteiger partial charge >= 0.3 is 5.97 Å². The minimum absolute atomic E-state index is 0.0224. The van der Waals surface area contributed by atoms with Crippen LogP contribution in [-0.2, 0) is 49.6 Å². The summed E-state index contributed by atoms with van der Waals surface area (Å²) in [6.45, 7) is 22.8. The van der Waals surface area contributed by atoms with E-state index >= 15 is 0 Å². The highest BCUT2D eigenvalue weighted by atomic mass is 16.5. The van der Waals surface area contributed by atoms with E-state index in [1.165, 1.54) is 13.3 Å². The van der Waals surface area contributed by atoms with Gasteiger partial charge in [0.15, 0.2) is 0 Å². The number of carbonyl (C=O) groups excluding carboxylic acids is 7. The molecule has 0 aromatic heterocycles. The number of nitrogens with zero attached hydrogens (tertiary/aromatic N) is 1. The fraction of sp³-hybridized carbons (Fsp3) is 0.683. The molecule has 1 heterocycles. The third-order valence-corrected chi connectivity index (χ3v) is 8.52. The number of ether oxygens (including phenoxy) is 2. The Morgan fingerprint density at radius 1 is 0.891 bits per heavy atom. The van der Waals surface area contributed by atoms with Gasteiger partial charge in [-0.3, -0.25) is 38.5 Å². The van der Waals surface area contributed by atoms with Gasteiger partial charge in [-0.2, -0.15) is 0 Å². The van der Waals surface area contributed by atoms with Gasteiger partial charge in [-0.25, -0.2) is 0 Å². The number of hydrogen-bond donors (Lipinski definition) is 4. The van der Waals surface area contributed by atoms with E-state index in [0.29, 0.717) is 31.6 Å². The fourth-order valence-corrected chi connectivity index (χ4v) is 4.89. The van der Waals surface area contributed by atoms with Crippen molar-refractivity contribution in [2.45, 2.75) is 152 Å². The van der Waals surface area contributed by atoms with Crippen LogP contribution in [0.1, 0.15) is 134 Å². The Morgan fingerprint density at radius 3 is 2.04 bits per heavy atom. The van der Waals surface area contributed by atoms with Gasteiger partial charge < -0.3 is 30.7 Å². The minimum Gasteiger partial charge on any atom is -0.461 e. The molecule has 1 aromatic carbocycles. The van der Waals surface area contributed by atoms with Crippen molar-refractivity contribution in [1.82, 2.24) is 20.9 Å². The molecule has 1 saturated heterocycles. The van der Waals surface area contributed by atoms with Crippen LogP contribution in [0.4, 0.5) is 5.69 Å². The second-order valence-electron chi connectivity index (χ2n) is 14.9. The van der Waals surface area contributed by atoms with Crippen molar-refractivity contribution in [3.05, 3.63) is 29.8 Å². The Balaban J connectivity index is 0.00000554. The molecule has 1 aliphatic rings. The van der Waals surface area contributed by atoms with Crippen LogP contribution in [0.15, 0.2) is 24.3 Å². The van der Waals surface area contributed by atoms with Gasteiger partial charge in [-0.15, -0.1) is 0 Å². The first kappa shape index (κ1) is 50.7. The normalized spacial score (nSPS) is 15.0. The van der Waals surface area contributed by atoms with E-state index in [1.807, 2.05) is 48.5 Å². The third kappa shape index (κ3) is 20.8. The van der Waals surface area contributed by atoms with Crippen LogP contribution in [0.25, 0.3) is 0 Å². The number of benzene rings is 1. The number of rotatable bonds is 20. The molecule has 312 valence electrons. The van der Waals surface area contributed by atoms with Crippen LogP contribution in [0.5, 0.6) is 0 Å². The quantitative estimate of drug-likeness (QED) is 0.0990. The van der Waals surface area contributed by atoms with Crippen molar-refractivity contribution in [2.24, 2.45) is 11.8 Å². The summed E-state index contributed by atoms with van der Waals surface area (Å²) >= 11 is 0. The maximum Gasteiger partial charge on any atom is 0.308 e. The highest BCUT2D eigenvalue weighted by Crippen LogP contribution is 2.21. The number of anilines is 1. The van der Waals surface area contributed by atoms with Gasteiger partial charge in [0, 0.05) is 49.6 Å². The van der Waals surface area contributed by atoms with Crippen LogP contribution >= 0.6 is 0 Å². The lowest BCUT2D eigenvalue weighted by Crippen LogP contribution is -2.46. The Morgan fingerprint density at radius 2 is 1.49 bits per heavy atom. The molecular formula is C41H69N5O9. The van der Waals surface area contributed by atoms with Crippen LogP contribution in [-0.4, -0.2) is 83.2 Å². The molecule has 0 spiro atoms. The smallest absolute Gasteiger partial charge is 0.308 e. The molecule has 14 heteroatoms. The van der Waals surface area contributed by atoms with Crippen molar-refractivity contribution in [3.63, 3.8) is 0 Å². The molecule has 3 unspecified atom stereocenters. The highest BCUT2D eigenvalue weighted by Gasteiger charge is 2.35. The SMILES string of the molecule is CC.CCC.CCC(C)C(=O)OCc1ccc(NC(=O)C(C)NC(=O)CNC(=O)CCC(C)(C)OCCC(C)(C)NC(=O)CCN2C(=O)CC(C)C2=O)cc1. The molecule has 0 radical (unpaired) electrons. The van der Waals surface area contributed by atoms with E-state index in [9.17, 15) is 33.6 Å². The molecule has 1 aliphatic heterocycles. The Hall–Kier alpha value is -4.33. The van der Waals surface area contributed by atoms with Gasteiger partial charge in [-0.05, 0) is 71.6 Å². The molecule has 1 aromatic rings. The van der Waals surface area contributed by atoms with Crippen molar-refractivity contribution >= 4 is 47.1 Å². The monoisotopic (exact) mass is 776 g/mol. The summed E-state index contributed by atoms with van der Waals surface area (Å²) in [6, 6.07) is 5.97. The van der Waals surface area contributed by atoms with Gasteiger partial charge in [-0.1, -0.05) is 67.0 Å². The van der Waals surface area contributed by atoms with Gasteiger partial charge in [0.25, 0.3) is 0 Å². The predicted octanol–water partition coefficient (Wildman–Crippen LogP) is 5.42. The molecule has 2 rings (SSSR count). The van der Waals surface area contributed by atoms with Crippen molar-refractivity contribution in [3.8, 4) is 0 Å². The average molecular weight is 776 g/mol. The lowest BCUT2D eigenvalue weighted by molar-refractivity contribution is -0.149. The standard InChI is InChI=1S/C36H55N5O9.C3H8.C2H6/c1-9-23(2)34(48)49-22-26-10-12-27(13-11-26)39-32(46)25(4)38-30(44)21-37-28(42)14-16-36(7,8)50-19-17-35(5,6)40-29(43)15-18-41-31(45)20-24(3)33(41)47;1-3-2;1-2/h10-13,23-25H,9,14-22H2,1-8H3,(H,37,42)(H,38,44)(H,39,46)(H,40,43);3H2,1-2H3;1-2H3. The summed E-state index contributed by atoms with van der Waals surface area (Å²) < 4.78 is 11.3. The van der Waals surface area contributed by atoms with Crippen molar-refractivity contribution in [2.75, 3.05) is 25.0 Å². The maximum atomic E-state index is 12.6. The zero-order valence-corrected chi connectivity index (χ0v) is 35.4. The summed E-state index contributed by atoms with van der Waals surface area (Å²) in [4.78, 5) is 86.9. The number of carbonyl (C=O) groups is 7. The predicted molar refractivity (Wildman–Crippen MR) is 213 cm³/mol. The molecular weight excluding hydrogens is 706 g/mol. The van der Waals surface area contributed by atoms with E-state index in [-0.39, 0.29) is 80.4 Å². The summed E-state index contributed by atoms with van der Waals surface area (Å²) in [5.74, 6) is -2.85. The van der Waals surface area contributed by atoms with E-state index in [1.54, 1.807) is 38.1 Å². The minimum atomic E-state index is -0.862. The van der Waals surface area contributed by atoms with Gasteiger partial charge in [0.05, 0.1) is 18.1 Å². The maximum absolute atomic E-state index is 12.6. The van der Waals surface area contributed by atoms with Crippen LogP contribution in [0, 0.1) is 11.8 Å². The highest BCUT2D eigenvalue weighted by molar-refractivity contribution is 6.03. The largest absolute Gasteiger partial charge is 0.461 e. The first-order valence-corrected chi connectivity index (χ1v) is 19.7. The number of imide groups is 1. The second-order valence-corrected chi connectivity index (χ2v) is 14.9. The topological polar surface area (TPSA) is 189 Å². The number of nitrogens with one attached hydrogen (secondary N) is 4. The van der Waals surface area contributed by atoms with E-state index in [0.717, 1.165) is 10.5 Å². The first-order chi connectivity index (χ1) is 25.7. The molecule has 14 nitrogen and oxygen atoms in total. The van der Waals surface area contributed by atoms with Gasteiger partial charge in [0.2, 0.25) is 35.4 Å². The molecule has 1 fully saturated rings. The summed E-state index contributed by atoms with van der Waals surface area (Å²) in [5.41, 5.74) is 0.0277. The fourth-order valence-electron chi connectivity index (χ4n) is 4.89. The lowest BCUT2D eigenvalue weighted by atomic mass is 9.99. The molecule has 4 N–H and O–H groups in total. The Labute approximate surface area is 329 Å². The molecule has 3 atom stereocenters. The number of hydrogen-bond acceptors (Lipinski definition) is 9. The van der Waals surface area contributed by atoms with Crippen molar-refractivity contribution in [1.29, 1.82) is 0 Å². The summed E-state index contributed by atoms with van der Waals surface area (Å²) in [7, 11) is 0. The zero-order chi connectivity index (χ0) is 42.4. The summed E-state index contributed by atoms with van der Waals surface area (Å²) in [6.07, 6.45) is 3.12. The number of esters is 1. The van der Waals surface area contributed by atoms with E-state index < -0.39 is 29.0 Å². The summed E-state index contributed by atoms with van der Waals surface area (Å²) in [5, 5.41) is 10.8. The Bertz CT molecular complexity index is 1390. The molecule has 0 aliphatic carbocycles. The van der Waals surface area contributed by atoms with Crippen molar-refractivity contribution < 1.29 is 43.0 Å². The first-order valence-electron chi connectivity index (χ1n) is 19.7. The second kappa shape index (κ2) is 25.7. The van der Waals surface area contributed by atoms with E-state index in [4.69, 9.17) is 9.47 Å². The molecule has 0 saturated carbocycles. The lowest BCUT2D eigenvalue weighted by Gasteiger charge is -2.30. The number of likely N-dealkylation sites (tertiary alicyclic amines) is 1. The van der Waals surface area contributed by atoms with Crippen LogP contribution < -0.4 is 21.3 Å². The molecule has 6 amide bonds.